The predicted molar refractivity (Wildman–Crippen MR) is 108 cm³/mol. The number of hydrogen-bond acceptors (Lipinski definition) is 7. The molecule has 2 aromatic carbocycles. The van der Waals surface area contributed by atoms with Gasteiger partial charge in [-0.15, -0.1) is 0 Å². The van der Waals surface area contributed by atoms with E-state index in [1.54, 1.807) is 31.2 Å². The molecule has 2 aromatic rings. The summed E-state index contributed by atoms with van der Waals surface area (Å²) in [4.78, 5) is 24.3. The number of carbonyl (C=O) groups is 2. The molecule has 0 radical (unpaired) electrons. The van der Waals surface area contributed by atoms with Crippen LogP contribution in [-0.4, -0.2) is 39.7 Å². The van der Waals surface area contributed by atoms with Crippen molar-refractivity contribution >= 4 is 27.6 Å². The van der Waals surface area contributed by atoms with E-state index in [1.807, 2.05) is 6.92 Å². The molecule has 1 aliphatic rings. The van der Waals surface area contributed by atoms with Gasteiger partial charge in [-0.3, -0.25) is 9.59 Å². The molecule has 10 heteroatoms. The SMILES string of the molecule is Cc1ccc(S(=O)(=O)NCC(=O)OC(C)C(=O)Nc2ccc3c(c2)OCO3)cc1C. The molecule has 160 valence electrons. The van der Waals surface area contributed by atoms with Crippen molar-refractivity contribution < 1.29 is 32.2 Å². The maximum Gasteiger partial charge on any atom is 0.321 e. The average Bonchev–Trinajstić information content (AvgIpc) is 3.16. The van der Waals surface area contributed by atoms with Gasteiger partial charge >= 0.3 is 5.97 Å². The molecule has 1 atom stereocenters. The Balaban J connectivity index is 1.52. The zero-order valence-corrected chi connectivity index (χ0v) is 17.5. The van der Waals surface area contributed by atoms with E-state index < -0.39 is 34.5 Å². The lowest BCUT2D eigenvalue weighted by Gasteiger charge is -2.14. The number of rotatable bonds is 7. The van der Waals surface area contributed by atoms with Crippen LogP contribution in [0.5, 0.6) is 11.5 Å². The highest BCUT2D eigenvalue weighted by Crippen LogP contribution is 2.34. The second-order valence-electron chi connectivity index (χ2n) is 6.76. The maximum absolute atomic E-state index is 12.3. The Morgan fingerprint density at radius 2 is 1.80 bits per heavy atom. The van der Waals surface area contributed by atoms with Gasteiger partial charge in [-0.05, 0) is 56.2 Å². The van der Waals surface area contributed by atoms with E-state index in [4.69, 9.17) is 14.2 Å². The summed E-state index contributed by atoms with van der Waals surface area (Å²) in [6.07, 6.45) is -1.13. The molecule has 0 spiro atoms. The van der Waals surface area contributed by atoms with E-state index in [2.05, 4.69) is 10.0 Å². The highest BCUT2D eigenvalue weighted by atomic mass is 32.2. The number of ether oxygens (including phenoxy) is 3. The lowest BCUT2D eigenvalue weighted by atomic mass is 10.1. The van der Waals surface area contributed by atoms with Crippen molar-refractivity contribution in [2.24, 2.45) is 0 Å². The van der Waals surface area contributed by atoms with Gasteiger partial charge < -0.3 is 19.5 Å². The van der Waals surface area contributed by atoms with Crippen molar-refractivity contribution in [2.45, 2.75) is 31.8 Å². The molecule has 1 amide bonds. The summed E-state index contributed by atoms with van der Waals surface area (Å²) in [6, 6.07) is 9.52. The molecule has 1 heterocycles. The van der Waals surface area contributed by atoms with Crippen molar-refractivity contribution in [2.75, 3.05) is 18.7 Å². The molecule has 2 N–H and O–H groups in total. The number of sulfonamides is 1. The molecule has 0 saturated carbocycles. The second-order valence-corrected chi connectivity index (χ2v) is 8.53. The lowest BCUT2D eigenvalue weighted by molar-refractivity contribution is -0.151. The van der Waals surface area contributed by atoms with Crippen LogP contribution in [0.25, 0.3) is 0 Å². The van der Waals surface area contributed by atoms with Crippen LogP contribution in [0.2, 0.25) is 0 Å². The molecular weight excluding hydrogens is 412 g/mol. The minimum Gasteiger partial charge on any atom is -0.454 e. The van der Waals surface area contributed by atoms with Gasteiger partial charge in [0, 0.05) is 11.8 Å². The highest BCUT2D eigenvalue weighted by Gasteiger charge is 2.22. The van der Waals surface area contributed by atoms with Gasteiger partial charge in [0.15, 0.2) is 17.6 Å². The van der Waals surface area contributed by atoms with Gasteiger partial charge in [0.1, 0.15) is 6.54 Å². The molecule has 9 nitrogen and oxygen atoms in total. The van der Waals surface area contributed by atoms with Crippen LogP contribution in [0.4, 0.5) is 5.69 Å². The highest BCUT2D eigenvalue weighted by molar-refractivity contribution is 7.89. The Labute approximate surface area is 174 Å². The number of amides is 1. The van der Waals surface area contributed by atoms with Crippen LogP contribution >= 0.6 is 0 Å². The topological polar surface area (TPSA) is 120 Å². The number of aryl methyl sites for hydroxylation is 2. The Hall–Kier alpha value is -3.11. The Kier molecular flexibility index (Phi) is 6.28. The van der Waals surface area contributed by atoms with E-state index in [0.717, 1.165) is 11.1 Å². The van der Waals surface area contributed by atoms with Crippen molar-refractivity contribution in [3.8, 4) is 11.5 Å². The fraction of sp³-hybridized carbons (Fsp3) is 0.300. The van der Waals surface area contributed by atoms with Gasteiger partial charge in [0.25, 0.3) is 5.91 Å². The van der Waals surface area contributed by atoms with Crippen molar-refractivity contribution in [3.63, 3.8) is 0 Å². The van der Waals surface area contributed by atoms with E-state index in [9.17, 15) is 18.0 Å². The number of fused-ring (bicyclic) bond motifs is 1. The zero-order valence-electron chi connectivity index (χ0n) is 16.7. The monoisotopic (exact) mass is 434 g/mol. The zero-order chi connectivity index (χ0) is 21.9. The van der Waals surface area contributed by atoms with Gasteiger partial charge in [-0.25, -0.2) is 8.42 Å². The average molecular weight is 434 g/mol. The molecule has 0 saturated heterocycles. The van der Waals surface area contributed by atoms with Crippen molar-refractivity contribution in [1.82, 2.24) is 4.72 Å². The normalized spacial score (nSPS) is 13.6. The summed E-state index contributed by atoms with van der Waals surface area (Å²) in [7, 11) is -3.88. The van der Waals surface area contributed by atoms with Crippen LogP contribution in [0.1, 0.15) is 18.1 Å². The van der Waals surface area contributed by atoms with Gasteiger partial charge in [0.05, 0.1) is 4.90 Å². The third-order valence-electron chi connectivity index (χ3n) is 4.51. The third kappa shape index (κ3) is 5.08. The number of benzene rings is 2. The maximum atomic E-state index is 12.3. The van der Waals surface area contributed by atoms with Crippen LogP contribution in [0.3, 0.4) is 0 Å². The summed E-state index contributed by atoms with van der Waals surface area (Å²) in [5.74, 6) is -0.378. The first-order chi connectivity index (χ1) is 14.2. The number of carbonyl (C=O) groups excluding carboxylic acids is 2. The number of esters is 1. The van der Waals surface area contributed by atoms with Crippen LogP contribution in [0.15, 0.2) is 41.3 Å². The third-order valence-corrected chi connectivity index (χ3v) is 5.91. The van der Waals surface area contributed by atoms with Crippen LogP contribution in [0, 0.1) is 13.8 Å². The Morgan fingerprint density at radius 3 is 2.53 bits per heavy atom. The molecule has 0 aliphatic carbocycles. The quantitative estimate of drug-likeness (QED) is 0.639. The number of anilines is 1. The van der Waals surface area contributed by atoms with E-state index in [0.29, 0.717) is 17.2 Å². The first kappa shape index (κ1) is 21.6. The van der Waals surface area contributed by atoms with Gasteiger partial charge in [-0.1, -0.05) is 6.07 Å². The fourth-order valence-electron chi connectivity index (χ4n) is 2.63. The number of hydrogen-bond donors (Lipinski definition) is 2. The van der Waals surface area contributed by atoms with Gasteiger partial charge in [0.2, 0.25) is 16.8 Å². The Morgan fingerprint density at radius 1 is 1.07 bits per heavy atom. The fourth-order valence-corrected chi connectivity index (χ4v) is 3.68. The summed E-state index contributed by atoms with van der Waals surface area (Å²) in [6.45, 7) is 4.56. The molecule has 3 rings (SSSR count). The van der Waals surface area contributed by atoms with Crippen molar-refractivity contribution in [3.05, 3.63) is 47.5 Å². The molecule has 0 aromatic heterocycles. The minimum absolute atomic E-state index is 0.0481. The number of nitrogens with one attached hydrogen (secondary N) is 2. The molecule has 30 heavy (non-hydrogen) atoms. The molecular formula is C20H22N2O7S. The van der Waals surface area contributed by atoms with Gasteiger partial charge in [-0.2, -0.15) is 4.72 Å². The largest absolute Gasteiger partial charge is 0.454 e. The standard InChI is InChI=1S/C20H22N2O7S/c1-12-4-6-16(8-13(12)2)30(25,26)21-10-19(23)29-14(3)20(24)22-15-5-7-17-18(9-15)28-11-27-17/h4-9,14,21H,10-11H2,1-3H3,(H,22,24). The molecule has 1 unspecified atom stereocenters. The Bertz CT molecular complexity index is 1080. The predicted octanol–water partition coefficient (Wildman–Crippen LogP) is 1.88. The van der Waals surface area contributed by atoms with E-state index in [-0.39, 0.29) is 11.7 Å². The summed E-state index contributed by atoms with van der Waals surface area (Å²) < 4.78 is 42.3. The summed E-state index contributed by atoms with van der Waals surface area (Å²) in [5, 5.41) is 2.60. The van der Waals surface area contributed by atoms with E-state index in [1.165, 1.54) is 19.1 Å². The van der Waals surface area contributed by atoms with Crippen molar-refractivity contribution in [1.29, 1.82) is 0 Å². The molecule has 0 fully saturated rings. The van der Waals surface area contributed by atoms with E-state index >= 15 is 0 Å². The summed E-state index contributed by atoms with van der Waals surface area (Å²) in [5.41, 5.74) is 2.22. The van der Waals surface area contributed by atoms with Crippen LogP contribution < -0.4 is 19.5 Å². The molecule has 0 bridgehead atoms. The second kappa shape index (κ2) is 8.72. The smallest absolute Gasteiger partial charge is 0.321 e. The first-order valence-electron chi connectivity index (χ1n) is 9.12. The molecule has 1 aliphatic heterocycles. The summed E-state index contributed by atoms with van der Waals surface area (Å²) >= 11 is 0. The first-order valence-corrected chi connectivity index (χ1v) is 10.6. The van der Waals surface area contributed by atoms with Crippen LogP contribution in [-0.2, 0) is 24.3 Å². The lowest BCUT2D eigenvalue weighted by Crippen LogP contribution is -2.35. The minimum atomic E-state index is -3.88.